The summed E-state index contributed by atoms with van der Waals surface area (Å²) in [6, 6.07) is 7.72. The Morgan fingerprint density at radius 2 is 2.05 bits per heavy atom. The van der Waals surface area contributed by atoms with E-state index in [0.29, 0.717) is 11.7 Å². The van der Waals surface area contributed by atoms with Gasteiger partial charge in [0.25, 0.3) is 0 Å². The van der Waals surface area contributed by atoms with E-state index in [0.717, 1.165) is 17.5 Å². The van der Waals surface area contributed by atoms with Gasteiger partial charge in [-0.05, 0) is 24.5 Å². The number of carbonyl (C=O) groups is 2. The van der Waals surface area contributed by atoms with Crippen molar-refractivity contribution in [3.8, 4) is 0 Å². The van der Waals surface area contributed by atoms with E-state index in [9.17, 15) is 9.59 Å². The quantitative estimate of drug-likeness (QED) is 0.824. The molecule has 0 spiro atoms. The largest absolute Gasteiger partial charge is 0.331 e. The van der Waals surface area contributed by atoms with Gasteiger partial charge in [0, 0.05) is 13.0 Å². The highest BCUT2D eigenvalue weighted by atomic mass is 16.2. The summed E-state index contributed by atoms with van der Waals surface area (Å²) in [7, 11) is 1.88. The Bertz CT molecular complexity index is 707. The van der Waals surface area contributed by atoms with E-state index in [1.807, 2.05) is 42.8 Å². The van der Waals surface area contributed by atoms with E-state index in [1.54, 1.807) is 0 Å². The summed E-state index contributed by atoms with van der Waals surface area (Å²) >= 11 is 0. The fraction of sp³-hybridized carbons (Fsp3) is 0.400. The van der Waals surface area contributed by atoms with Gasteiger partial charge in [-0.1, -0.05) is 19.1 Å². The number of nitrogens with one attached hydrogen (secondary N) is 2. The topological polar surface area (TPSA) is 76.0 Å². The molecule has 21 heavy (non-hydrogen) atoms. The van der Waals surface area contributed by atoms with Crippen LogP contribution in [0.2, 0.25) is 0 Å². The van der Waals surface area contributed by atoms with E-state index in [1.165, 1.54) is 0 Å². The van der Waals surface area contributed by atoms with Gasteiger partial charge in [0.2, 0.25) is 11.8 Å². The van der Waals surface area contributed by atoms with Gasteiger partial charge in [0.05, 0.1) is 17.5 Å². The van der Waals surface area contributed by atoms with Crippen molar-refractivity contribution in [2.24, 2.45) is 18.9 Å². The average molecular weight is 286 g/mol. The maximum absolute atomic E-state index is 11.9. The third-order valence-electron chi connectivity index (χ3n) is 3.97. The molecule has 2 amide bonds. The van der Waals surface area contributed by atoms with E-state index in [-0.39, 0.29) is 24.2 Å². The minimum atomic E-state index is -0.268. The molecule has 0 radical (unpaired) electrons. The molecule has 110 valence electrons. The second kappa shape index (κ2) is 5.20. The van der Waals surface area contributed by atoms with Crippen molar-refractivity contribution in [2.45, 2.75) is 19.8 Å². The van der Waals surface area contributed by atoms with Crippen LogP contribution in [0.25, 0.3) is 11.0 Å². The molecule has 0 aliphatic heterocycles. The highest BCUT2D eigenvalue weighted by molar-refractivity contribution is 5.86. The molecule has 0 bridgehead atoms. The predicted octanol–water partition coefficient (Wildman–Crippen LogP) is 0.919. The van der Waals surface area contributed by atoms with Gasteiger partial charge in [-0.15, -0.1) is 0 Å². The van der Waals surface area contributed by atoms with Crippen molar-refractivity contribution in [1.29, 1.82) is 0 Å². The number of aromatic nitrogens is 2. The minimum Gasteiger partial charge on any atom is -0.331 e. The van der Waals surface area contributed by atoms with Crippen LogP contribution in [0.15, 0.2) is 24.3 Å². The molecule has 6 nitrogen and oxygen atoms in total. The van der Waals surface area contributed by atoms with Gasteiger partial charge in [-0.25, -0.2) is 4.98 Å². The molecule has 2 aromatic rings. The zero-order valence-corrected chi connectivity index (χ0v) is 12.1. The number of fused-ring (bicyclic) bond motifs is 1. The van der Waals surface area contributed by atoms with Crippen LogP contribution < -0.4 is 10.9 Å². The number of hydrazine groups is 1. The molecule has 2 atom stereocenters. The Balaban J connectivity index is 1.61. The van der Waals surface area contributed by atoms with Crippen LogP contribution in [0.3, 0.4) is 0 Å². The second-order valence-corrected chi connectivity index (χ2v) is 5.61. The molecular formula is C15H18N4O2. The van der Waals surface area contributed by atoms with Crippen LogP contribution in [0.4, 0.5) is 0 Å². The first-order chi connectivity index (χ1) is 10.1. The van der Waals surface area contributed by atoms with Gasteiger partial charge >= 0.3 is 0 Å². The number of nitrogens with zero attached hydrogens (tertiary/aromatic N) is 2. The summed E-state index contributed by atoms with van der Waals surface area (Å²) in [4.78, 5) is 28.0. The Kier molecular flexibility index (Phi) is 3.37. The molecule has 1 heterocycles. The Morgan fingerprint density at radius 1 is 1.33 bits per heavy atom. The lowest BCUT2D eigenvalue weighted by molar-refractivity contribution is -0.129. The highest BCUT2D eigenvalue weighted by Crippen LogP contribution is 2.37. The van der Waals surface area contributed by atoms with Gasteiger partial charge in [0.1, 0.15) is 5.82 Å². The number of carbonyl (C=O) groups excluding carboxylic acids is 2. The molecule has 6 heteroatoms. The fourth-order valence-electron chi connectivity index (χ4n) is 2.45. The van der Waals surface area contributed by atoms with E-state index in [2.05, 4.69) is 15.8 Å². The van der Waals surface area contributed by atoms with Gasteiger partial charge in [-0.3, -0.25) is 20.4 Å². The van der Waals surface area contributed by atoms with Gasteiger partial charge in [0.15, 0.2) is 0 Å². The van der Waals surface area contributed by atoms with E-state index < -0.39 is 0 Å². The number of rotatable bonds is 3. The molecule has 1 saturated carbocycles. The minimum absolute atomic E-state index is 0.0426. The van der Waals surface area contributed by atoms with Crippen LogP contribution in [0.5, 0.6) is 0 Å². The molecule has 2 unspecified atom stereocenters. The van der Waals surface area contributed by atoms with Crippen LogP contribution in [0.1, 0.15) is 19.2 Å². The highest BCUT2D eigenvalue weighted by Gasteiger charge is 2.39. The van der Waals surface area contributed by atoms with E-state index >= 15 is 0 Å². The number of amides is 2. The molecule has 1 aromatic carbocycles. The van der Waals surface area contributed by atoms with Gasteiger partial charge in [-0.2, -0.15) is 0 Å². The molecular weight excluding hydrogens is 268 g/mol. The Morgan fingerprint density at radius 3 is 2.71 bits per heavy atom. The molecule has 1 aliphatic rings. The van der Waals surface area contributed by atoms with Crippen LogP contribution >= 0.6 is 0 Å². The number of hydrogen-bond donors (Lipinski definition) is 2. The summed E-state index contributed by atoms with van der Waals surface area (Å²) in [6.45, 7) is 2.02. The van der Waals surface area contributed by atoms with E-state index in [4.69, 9.17) is 0 Å². The Hall–Kier alpha value is -2.37. The first kappa shape index (κ1) is 13.6. The fourth-order valence-corrected chi connectivity index (χ4v) is 2.45. The predicted molar refractivity (Wildman–Crippen MR) is 78.0 cm³/mol. The monoisotopic (exact) mass is 286 g/mol. The lowest BCUT2D eigenvalue weighted by Gasteiger charge is -2.07. The molecule has 1 aliphatic carbocycles. The first-order valence-corrected chi connectivity index (χ1v) is 7.05. The lowest BCUT2D eigenvalue weighted by Crippen LogP contribution is -2.43. The van der Waals surface area contributed by atoms with Crippen molar-refractivity contribution in [2.75, 3.05) is 0 Å². The number of imidazole rings is 1. The van der Waals surface area contributed by atoms with Crippen LogP contribution in [-0.4, -0.2) is 21.4 Å². The summed E-state index contributed by atoms with van der Waals surface area (Å²) in [5.74, 6) is 0.751. The maximum atomic E-state index is 11.9. The van der Waals surface area contributed by atoms with Crippen molar-refractivity contribution in [3.05, 3.63) is 30.1 Å². The summed E-state index contributed by atoms with van der Waals surface area (Å²) in [5.41, 5.74) is 6.77. The normalized spacial score (nSPS) is 20.3. The van der Waals surface area contributed by atoms with Crippen LogP contribution in [0, 0.1) is 11.8 Å². The first-order valence-electron chi connectivity index (χ1n) is 7.05. The second-order valence-electron chi connectivity index (χ2n) is 5.61. The molecule has 0 saturated heterocycles. The van der Waals surface area contributed by atoms with Crippen molar-refractivity contribution >= 4 is 22.8 Å². The number of para-hydroxylation sites is 2. The van der Waals surface area contributed by atoms with Crippen molar-refractivity contribution in [3.63, 3.8) is 0 Å². The number of hydrogen-bond acceptors (Lipinski definition) is 3. The average Bonchev–Trinajstić information content (AvgIpc) is 3.13. The van der Waals surface area contributed by atoms with Gasteiger partial charge < -0.3 is 4.57 Å². The summed E-state index contributed by atoms with van der Waals surface area (Å²) in [5, 5.41) is 0. The molecule has 1 aromatic heterocycles. The standard InChI is InChI=1S/C15H18N4O2/c1-9-7-10(9)15(21)18-17-14(20)8-13-16-11-5-3-4-6-12(11)19(13)2/h3-6,9-10H,7-8H2,1-2H3,(H,17,20)(H,18,21). The lowest BCUT2D eigenvalue weighted by atomic mass is 10.3. The third-order valence-corrected chi connectivity index (χ3v) is 3.97. The molecule has 1 fully saturated rings. The Labute approximate surface area is 122 Å². The smallest absolute Gasteiger partial charge is 0.245 e. The number of aryl methyl sites for hydroxylation is 1. The third kappa shape index (κ3) is 2.74. The summed E-state index contributed by atoms with van der Waals surface area (Å²) < 4.78 is 1.89. The van der Waals surface area contributed by atoms with Crippen molar-refractivity contribution < 1.29 is 9.59 Å². The SMILES string of the molecule is CC1CC1C(=O)NNC(=O)Cc1nc2ccccc2n1C. The molecule has 2 N–H and O–H groups in total. The maximum Gasteiger partial charge on any atom is 0.245 e. The molecule has 3 rings (SSSR count). The summed E-state index contributed by atoms with van der Waals surface area (Å²) in [6.07, 6.45) is 1.03. The van der Waals surface area contributed by atoms with Crippen molar-refractivity contribution in [1.82, 2.24) is 20.4 Å². The number of benzene rings is 1. The zero-order chi connectivity index (χ0) is 15.0. The zero-order valence-electron chi connectivity index (χ0n) is 12.1. The van der Waals surface area contributed by atoms with Crippen LogP contribution in [-0.2, 0) is 23.1 Å².